The Kier molecular flexibility index (Phi) is 6.79. The number of aromatic nitrogens is 2. The normalized spacial score (nSPS) is 16.4. The van der Waals surface area contributed by atoms with Crippen molar-refractivity contribution in [2.24, 2.45) is 0 Å². The van der Waals surface area contributed by atoms with Crippen LogP contribution in [0.5, 0.6) is 5.75 Å². The summed E-state index contributed by atoms with van der Waals surface area (Å²) in [4.78, 5) is 23.1. The lowest BCUT2D eigenvalue weighted by atomic mass is 9.89. The molecule has 0 bridgehead atoms. The molecule has 9 heteroatoms. The molecule has 1 aliphatic heterocycles. The van der Waals surface area contributed by atoms with Crippen LogP contribution in [0.25, 0.3) is 10.9 Å². The molecule has 0 aliphatic carbocycles. The number of rotatable bonds is 4. The summed E-state index contributed by atoms with van der Waals surface area (Å²) in [5, 5.41) is 3.78. The highest BCUT2D eigenvalue weighted by atomic mass is 35.5. The summed E-state index contributed by atoms with van der Waals surface area (Å²) < 4.78 is 25.8. The zero-order chi connectivity index (χ0) is 24.5. The van der Waals surface area contributed by atoms with E-state index in [-0.39, 0.29) is 22.7 Å². The van der Waals surface area contributed by atoms with Crippen molar-refractivity contribution in [1.82, 2.24) is 14.9 Å². The van der Waals surface area contributed by atoms with Gasteiger partial charge in [0.05, 0.1) is 23.3 Å². The molecule has 1 aromatic heterocycles. The number of nitrogens with zero attached hydrogens (tertiary/aromatic N) is 3. The summed E-state index contributed by atoms with van der Waals surface area (Å²) in [7, 11) is 1.61. The number of anilines is 2. The number of ether oxygens (including phenoxy) is 2. The lowest BCUT2D eigenvalue weighted by molar-refractivity contribution is 0.0197. The minimum absolute atomic E-state index is 0.0233. The zero-order valence-electron chi connectivity index (χ0n) is 19.7. The van der Waals surface area contributed by atoms with Crippen molar-refractivity contribution in [1.29, 1.82) is 0 Å². The lowest BCUT2D eigenvalue weighted by Gasteiger charge is -2.34. The molecule has 1 amide bonds. The molecule has 0 spiro atoms. The standard InChI is InChI=1S/C25H28ClFN4O3/c1-25(2,3)34-24(32)31-10-6-7-15(13-31)16-11-17-20(12-21(16)33-4)28-14-29-23(17)30-19-9-5-8-18(26)22(19)27/h5,8-9,11-12,14-15H,6-7,10,13H2,1-4H3,(H,28,29,30)/t15-/m0/s1. The van der Waals surface area contributed by atoms with Gasteiger partial charge in [-0.1, -0.05) is 17.7 Å². The van der Waals surface area contributed by atoms with Crippen molar-refractivity contribution in [3.8, 4) is 5.75 Å². The Labute approximate surface area is 203 Å². The number of likely N-dealkylation sites (tertiary alicyclic amines) is 1. The van der Waals surface area contributed by atoms with Crippen LogP contribution >= 0.6 is 11.6 Å². The molecule has 1 aliphatic rings. The largest absolute Gasteiger partial charge is 0.496 e. The van der Waals surface area contributed by atoms with E-state index in [0.717, 1.165) is 18.4 Å². The molecule has 180 valence electrons. The maximum absolute atomic E-state index is 14.5. The second-order valence-electron chi connectivity index (χ2n) is 9.33. The fourth-order valence-corrected chi connectivity index (χ4v) is 4.32. The van der Waals surface area contributed by atoms with E-state index in [1.807, 2.05) is 32.9 Å². The maximum Gasteiger partial charge on any atom is 0.410 e. The van der Waals surface area contributed by atoms with Gasteiger partial charge in [0.1, 0.15) is 23.5 Å². The van der Waals surface area contributed by atoms with Gasteiger partial charge in [-0.2, -0.15) is 0 Å². The molecule has 1 atom stereocenters. The third-order valence-corrected chi connectivity index (χ3v) is 6.00. The van der Waals surface area contributed by atoms with Crippen molar-refractivity contribution in [2.75, 3.05) is 25.5 Å². The van der Waals surface area contributed by atoms with Crippen LogP contribution in [0.1, 0.15) is 45.1 Å². The highest BCUT2D eigenvalue weighted by Crippen LogP contribution is 2.38. The fraction of sp³-hybridized carbons (Fsp3) is 0.400. The Morgan fingerprint density at radius 1 is 1.26 bits per heavy atom. The van der Waals surface area contributed by atoms with Gasteiger partial charge in [-0.25, -0.2) is 19.2 Å². The number of methoxy groups -OCH3 is 1. The van der Waals surface area contributed by atoms with Crippen molar-refractivity contribution in [3.63, 3.8) is 0 Å². The molecule has 7 nitrogen and oxygen atoms in total. The molecule has 0 radical (unpaired) electrons. The van der Waals surface area contributed by atoms with Crippen molar-refractivity contribution in [3.05, 3.63) is 53.1 Å². The first-order valence-corrected chi connectivity index (χ1v) is 11.6. The van der Waals surface area contributed by atoms with Gasteiger partial charge in [0, 0.05) is 30.5 Å². The summed E-state index contributed by atoms with van der Waals surface area (Å²) in [6.45, 7) is 6.73. The van der Waals surface area contributed by atoms with Crippen LogP contribution < -0.4 is 10.1 Å². The number of amides is 1. The van der Waals surface area contributed by atoms with E-state index in [1.165, 1.54) is 12.4 Å². The van der Waals surface area contributed by atoms with E-state index >= 15 is 0 Å². The molecule has 4 rings (SSSR count). The Morgan fingerprint density at radius 3 is 2.79 bits per heavy atom. The number of piperidine rings is 1. The predicted molar refractivity (Wildman–Crippen MR) is 131 cm³/mol. The molecular weight excluding hydrogens is 459 g/mol. The van der Waals surface area contributed by atoms with E-state index in [4.69, 9.17) is 21.1 Å². The van der Waals surface area contributed by atoms with E-state index in [2.05, 4.69) is 15.3 Å². The summed E-state index contributed by atoms with van der Waals surface area (Å²) in [6.07, 6.45) is 2.83. The number of hydrogen-bond donors (Lipinski definition) is 1. The topological polar surface area (TPSA) is 76.6 Å². The molecule has 2 aromatic carbocycles. The number of nitrogens with one attached hydrogen (secondary N) is 1. The summed E-state index contributed by atoms with van der Waals surface area (Å²) in [6, 6.07) is 8.56. The van der Waals surface area contributed by atoms with Gasteiger partial charge in [-0.15, -0.1) is 0 Å². The molecule has 1 N–H and O–H groups in total. The molecule has 1 fully saturated rings. The van der Waals surface area contributed by atoms with Crippen LogP contribution in [0.15, 0.2) is 36.7 Å². The van der Waals surface area contributed by atoms with E-state index in [9.17, 15) is 9.18 Å². The maximum atomic E-state index is 14.5. The minimum Gasteiger partial charge on any atom is -0.496 e. The van der Waals surface area contributed by atoms with Gasteiger partial charge in [0.2, 0.25) is 0 Å². The fourth-order valence-electron chi connectivity index (χ4n) is 4.15. The van der Waals surface area contributed by atoms with Crippen LogP contribution in [0.4, 0.5) is 20.7 Å². The summed E-state index contributed by atoms with van der Waals surface area (Å²) in [5.41, 5.74) is 1.25. The van der Waals surface area contributed by atoms with Crippen LogP contribution in [0.3, 0.4) is 0 Å². The first-order chi connectivity index (χ1) is 16.2. The van der Waals surface area contributed by atoms with Gasteiger partial charge in [0.25, 0.3) is 0 Å². The monoisotopic (exact) mass is 486 g/mol. The average Bonchev–Trinajstić information content (AvgIpc) is 2.80. The van der Waals surface area contributed by atoms with Gasteiger partial charge in [0.15, 0.2) is 5.82 Å². The number of hydrogen-bond acceptors (Lipinski definition) is 6. The Balaban J connectivity index is 1.69. The second kappa shape index (κ2) is 9.62. The Bertz CT molecular complexity index is 1210. The number of carbonyl (C=O) groups is 1. The molecule has 0 saturated carbocycles. The van der Waals surface area contributed by atoms with Crippen molar-refractivity contribution >= 4 is 40.1 Å². The number of carbonyl (C=O) groups excluding carboxylic acids is 1. The first-order valence-electron chi connectivity index (χ1n) is 11.2. The van der Waals surface area contributed by atoms with Gasteiger partial charge >= 0.3 is 6.09 Å². The van der Waals surface area contributed by atoms with Crippen LogP contribution in [-0.2, 0) is 4.74 Å². The molecule has 3 aromatic rings. The molecule has 1 saturated heterocycles. The highest BCUT2D eigenvalue weighted by Gasteiger charge is 2.30. The third-order valence-electron chi connectivity index (χ3n) is 5.70. The Morgan fingerprint density at radius 2 is 2.06 bits per heavy atom. The Hall–Kier alpha value is -3.13. The average molecular weight is 487 g/mol. The summed E-state index contributed by atoms with van der Waals surface area (Å²) >= 11 is 5.94. The van der Waals surface area contributed by atoms with Crippen molar-refractivity contribution < 1.29 is 18.7 Å². The molecule has 34 heavy (non-hydrogen) atoms. The first kappa shape index (κ1) is 24.0. The lowest BCUT2D eigenvalue weighted by Crippen LogP contribution is -2.42. The summed E-state index contributed by atoms with van der Waals surface area (Å²) in [5.74, 6) is 0.624. The number of benzene rings is 2. The minimum atomic E-state index is -0.557. The van der Waals surface area contributed by atoms with Crippen molar-refractivity contribution in [2.45, 2.75) is 45.1 Å². The van der Waals surface area contributed by atoms with Gasteiger partial charge < -0.3 is 19.7 Å². The third kappa shape index (κ3) is 5.17. The SMILES string of the molecule is COc1cc2ncnc(Nc3cccc(Cl)c3F)c2cc1[C@H]1CCCN(C(=O)OC(C)(C)C)C1. The quantitative estimate of drug-likeness (QED) is 0.467. The van der Waals surface area contributed by atoms with E-state index < -0.39 is 11.4 Å². The molecule has 0 unspecified atom stereocenters. The van der Waals surface area contributed by atoms with E-state index in [0.29, 0.717) is 35.6 Å². The molecule has 2 heterocycles. The van der Waals surface area contributed by atoms with Crippen LogP contribution in [0.2, 0.25) is 5.02 Å². The second-order valence-corrected chi connectivity index (χ2v) is 9.73. The van der Waals surface area contributed by atoms with Gasteiger partial charge in [-0.05, 0) is 57.4 Å². The van der Waals surface area contributed by atoms with E-state index in [1.54, 1.807) is 24.1 Å². The molecular formula is C25H28ClFN4O3. The highest BCUT2D eigenvalue weighted by molar-refractivity contribution is 6.31. The van der Waals surface area contributed by atoms with Crippen LogP contribution in [-0.4, -0.2) is 46.8 Å². The smallest absolute Gasteiger partial charge is 0.410 e. The number of halogens is 2. The van der Waals surface area contributed by atoms with Gasteiger partial charge in [-0.3, -0.25) is 0 Å². The predicted octanol–water partition coefficient (Wildman–Crippen LogP) is 6.29. The zero-order valence-corrected chi connectivity index (χ0v) is 20.4. The number of fused-ring (bicyclic) bond motifs is 1. The van der Waals surface area contributed by atoms with Crippen LogP contribution in [0, 0.1) is 5.82 Å².